The molecule has 3 rings (SSSR count). The lowest BCUT2D eigenvalue weighted by Crippen LogP contribution is -2.43. The molecule has 0 bridgehead atoms. The molecule has 5 heteroatoms. The first-order valence-electron chi connectivity index (χ1n) is 7.65. The molecule has 1 N–H and O–H groups in total. The Balaban J connectivity index is 1.84. The van der Waals surface area contributed by atoms with Gasteiger partial charge in [0.25, 0.3) is 5.91 Å². The lowest BCUT2D eigenvalue weighted by molar-refractivity contribution is 0.0895. The predicted molar refractivity (Wildman–Crippen MR) is 95.3 cm³/mol. The molecule has 0 unspecified atom stereocenters. The normalized spacial score (nSPS) is 25.4. The van der Waals surface area contributed by atoms with Gasteiger partial charge in [-0.2, -0.15) is 0 Å². The number of fused-ring (bicyclic) bond motifs is 1. The molecule has 0 radical (unpaired) electrons. The fourth-order valence-corrected chi connectivity index (χ4v) is 4.90. The molecule has 1 aliphatic rings. The molecular formula is C17H19Cl2NOS. The van der Waals surface area contributed by atoms with Crippen molar-refractivity contribution in [2.24, 2.45) is 11.8 Å². The van der Waals surface area contributed by atoms with Crippen LogP contribution in [-0.4, -0.2) is 11.9 Å². The van der Waals surface area contributed by atoms with E-state index in [0.717, 1.165) is 16.5 Å². The second-order valence-corrected chi connectivity index (χ2v) is 8.10. The summed E-state index contributed by atoms with van der Waals surface area (Å²) >= 11 is 13.8. The monoisotopic (exact) mass is 355 g/mol. The number of carbonyl (C=O) groups excluding carboxylic acids is 1. The van der Waals surface area contributed by atoms with E-state index >= 15 is 0 Å². The standard InChI is InChI=1S/C17H19Cl2NOS/c1-9-4-3-5-13(10(9)2)20-17(21)16-15(19)12-7-6-11(18)8-14(12)22-16/h6-10,13H,3-5H2,1-2H3,(H,20,21)/t9-,10-,13-/m1/s1. The molecule has 1 amide bonds. The molecule has 1 aromatic heterocycles. The van der Waals surface area contributed by atoms with Crippen LogP contribution in [0.2, 0.25) is 10.0 Å². The van der Waals surface area contributed by atoms with Crippen LogP contribution in [0.25, 0.3) is 10.1 Å². The van der Waals surface area contributed by atoms with Crippen molar-refractivity contribution in [1.82, 2.24) is 5.32 Å². The number of benzene rings is 1. The fraction of sp³-hybridized carbons (Fsp3) is 0.471. The maximum Gasteiger partial charge on any atom is 0.263 e. The maximum absolute atomic E-state index is 12.6. The van der Waals surface area contributed by atoms with Crippen molar-refractivity contribution >= 4 is 50.5 Å². The summed E-state index contributed by atoms with van der Waals surface area (Å²) < 4.78 is 0.952. The highest BCUT2D eigenvalue weighted by molar-refractivity contribution is 7.21. The van der Waals surface area contributed by atoms with Gasteiger partial charge in [0.1, 0.15) is 4.88 Å². The van der Waals surface area contributed by atoms with Gasteiger partial charge in [0.2, 0.25) is 0 Å². The Morgan fingerprint density at radius 3 is 2.82 bits per heavy atom. The fourth-order valence-electron chi connectivity index (χ4n) is 3.20. The second-order valence-electron chi connectivity index (χ2n) is 6.23. The van der Waals surface area contributed by atoms with Crippen LogP contribution in [-0.2, 0) is 0 Å². The number of thiophene rings is 1. The smallest absolute Gasteiger partial charge is 0.263 e. The van der Waals surface area contributed by atoms with E-state index in [-0.39, 0.29) is 11.9 Å². The minimum atomic E-state index is -0.0618. The van der Waals surface area contributed by atoms with Crippen LogP contribution in [0.1, 0.15) is 42.8 Å². The highest BCUT2D eigenvalue weighted by atomic mass is 35.5. The number of hydrogen-bond donors (Lipinski definition) is 1. The molecule has 22 heavy (non-hydrogen) atoms. The molecule has 2 aromatic rings. The van der Waals surface area contributed by atoms with Crippen LogP contribution in [0.3, 0.4) is 0 Å². The molecule has 1 saturated carbocycles. The van der Waals surface area contributed by atoms with Crippen LogP contribution < -0.4 is 5.32 Å². The summed E-state index contributed by atoms with van der Waals surface area (Å²) in [4.78, 5) is 13.2. The third-order valence-electron chi connectivity index (χ3n) is 4.82. The minimum Gasteiger partial charge on any atom is -0.348 e. The molecule has 3 atom stereocenters. The lowest BCUT2D eigenvalue weighted by atomic mass is 9.78. The summed E-state index contributed by atoms with van der Waals surface area (Å²) in [6.07, 6.45) is 3.47. The van der Waals surface area contributed by atoms with Crippen LogP contribution in [0.5, 0.6) is 0 Å². The molecular weight excluding hydrogens is 337 g/mol. The molecule has 0 spiro atoms. The Bertz CT molecular complexity index is 712. The Hall–Kier alpha value is -0.770. The molecule has 0 saturated heterocycles. The average molecular weight is 356 g/mol. The van der Waals surface area contributed by atoms with Gasteiger partial charge in [-0.05, 0) is 30.4 Å². The van der Waals surface area contributed by atoms with Gasteiger partial charge in [0.15, 0.2) is 0 Å². The SMILES string of the molecule is C[C@@H]1[C@H](C)CCC[C@H]1NC(=O)c1sc2cc(Cl)ccc2c1Cl. The summed E-state index contributed by atoms with van der Waals surface area (Å²) in [6, 6.07) is 5.77. The van der Waals surface area contributed by atoms with E-state index in [0.29, 0.717) is 26.8 Å². The zero-order chi connectivity index (χ0) is 15.9. The van der Waals surface area contributed by atoms with E-state index in [4.69, 9.17) is 23.2 Å². The third kappa shape index (κ3) is 2.99. The molecule has 2 nitrogen and oxygen atoms in total. The molecule has 1 heterocycles. The van der Waals surface area contributed by atoms with E-state index in [9.17, 15) is 4.79 Å². The summed E-state index contributed by atoms with van der Waals surface area (Å²) in [5, 5.41) is 5.27. The Morgan fingerprint density at radius 1 is 1.27 bits per heavy atom. The van der Waals surface area contributed by atoms with Crippen LogP contribution >= 0.6 is 34.5 Å². The highest BCUT2D eigenvalue weighted by Crippen LogP contribution is 2.37. The van der Waals surface area contributed by atoms with Crippen LogP contribution in [0.15, 0.2) is 18.2 Å². The van der Waals surface area contributed by atoms with E-state index in [1.165, 1.54) is 24.2 Å². The number of carbonyl (C=O) groups is 1. The minimum absolute atomic E-state index is 0.0618. The van der Waals surface area contributed by atoms with Crippen LogP contribution in [0, 0.1) is 11.8 Å². The third-order valence-corrected chi connectivity index (χ3v) is 6.71. The summed E-state index contributed by atoms with van der Waals surface area (Å²) in [5.41, 5.74) is 0. The Kier molecular flexibility index (Phi) is 4.67. The highest BCUT2D eigenvalue weighted by Gasteiger charge is 2.29. The quantitative estimate of drug-likeness (QED) is 0.728. The lowest BCUT2D eigenvalue weighted by Gasteiger charge is -2.34. The number of nitrogens with one attached hydrogen (secondary N) is 1. The van der Waals surface area contributed by atoms with Crippen molar-refractivity contribution in [2.75, 3.05) is 0 Å². The molecule has 1 fully saturated rings. The zero-order valence-corrected chi connectivity index (χ0v) is 15.0. The van der Waals surface area contributed by atoms with E-state index in [1.54, 1.807) is 6.07 Å². The Labute approximate surface area is 144 Å². The van der Waals surface area contributed by atoms with Crippen molar-refractivity contribution in [3.63, 3.8) is 0 Å². The molecule has 118 valence electrons. The topological polar surface area (TPSA) is 29.1 Å². The summed E-state index contributed by atoms with van der Waals surface area (Å²) in [6.45, 7) is 4.48. The van der Waals surface area contributed by atoms with Gasteiger partial charge >= 0.3 is 0 Å². The van der Waals surface area contributed by atoms with Crippen molar-refractivity contribution in [2.45, 2.75) is 39.2 Å². The van der Waals surface area contributed by atoms with Crippen LogP contribution in [0.4, 0.5) is 0 Å². The molecule has 1 aromatic carbocycles. The second kappa shape index (κ2) is 6.38. The van der Waals surface area contributed by atoms with E-state index in [2.05, 4.69) is 19.2 Å². The van der Waals surface area contributed by atoms with Crippen molar-refractivity contribution in [1.29, 1.82) is 0 Å². The van der Waals surface area contributed by atoms with Crippen molar-refractivity contribution in [3.05, 3.63) is 33.1 Å². The van der Waals surface area contributed by atoms with Gasteiger partial charge in [-0.15, -0.1) is 11.3 Å². The number of amides is 1. The first kappa shape index (κ1) is 16.1. The predicted octanol–water partition coefficient (Wildman–Crippen LogP) is 5.76. The van der Waals surface area contributed by atoms with E-state index < -0.39 is 0 Å². The van der Waals surface area contributed by atoms with Crippen molar-refractivity contribution in [3.8, 4) is 0 Å². The van der Waals surface area contributed by atoms with E-state index in [1.807, 2.05) is 12.1 Å². The number of hydrogen-bond acceptors (Lipinski definition) is 2. The average Bonchev–Trinajstić information content (AvgIpc) is 2.80. The van der Waals surface area contributed by atoms with Gasteiger partial charge in [-0.3, -0.25) is 4.79 Å². The first-order valence-corrected chi connectivity index (χ1v) is 9.23. The molecule has 1 aliphatic carbocycles. The zero-order valence-electron chi connectivity index (χ0n) is 12.7. The van der Waals surface area contributed by atoms with Crippen molar-refractivity contribution < 1.29 is 4.79 Å². The number of halogens is 2. The largest absolute Gasteiger partial charge is 0.348 e. The summed E-state index contributed by atoms with van der Waals surface area (Å²) in [5.74, 6) is 1.09. The van der Waals surface area contributed by atoms with Gasteiger partial charge in [0.05, 0.1) is 5.02 Å². The first-order chi connectivity index (χ1) is 10.5. The van der Waals surface area contributed by atoms with Gasteiger partial charge in [-0.1, -0.05) is 56.0 Å². The van der Waals surface area contributed by atoms with Gasteiger partial charge < -0.3 is 5.32 Å². The van der Waals surface area contributed by atoms with Gasteiger partial charge in [-0.25, -0.2) is 0 Å². The maximum atomic E-state index is 12.6. The van der Waals surface area contributed by atoms with Gasteiger partial charge in [0, 0.05) is 21.2 Å². The Morgan fingerprint density at radius 2 is 2.05 bits per heavy atom. The summed E-state index contributed by atoms with van der Waals surface area (Å²) in [7, 11) is 0. The molecule has 0 aliphatic heterocycles. The number of rotatable bonds is 2.